The Bertz CT molecular complexity index is 43.9. The van der Waals surface area contributed by atoms with Gasteiger partial charge in [0.2, 0.25) is 0 Å². The molecule has 0 aromatic carbocycles. The van der Waals surface area contributed by atoms with Gasteiger partial charge in [0.15, 0.2) is 0 Å². The molecule has 59 valence electrons. The van der Waals surface area contributed by atoms with Gasteiger partial charge in [0.1, 0.15) is 0 Å². The quantitative estimate of drug-likeness (QED) is 0.473. The normalized spacial score (nSPS) is 6.67. The van der Waals surface area contributed by atoms with Gasteiger partial charge in [-0.05, 0) is 9.52 Å². The molecule has 0 aromatic heterocycles. The van der Waals surface area contributed by atoms with Gasteiger partial charge in [-0.2, -0.15) is 6.04 Å². The Balaban J connectivity index is -0.0000000646. The molecule has 0 saturated heterocycles. The zero-order valence-corrected chi connectivity index (χ0v) is 8.66. The summed E-state index contributed by atoms with van der Waals surface area (Å²) < 4.78 is 7.94. The number of hydrogen-bond acceptors (Lipinski definition) is 1. The first kappa shape index (κ1) is 16.3. The average Bonchev–Trinajstić information content (AvgIpc) is 1.94. The number of hydrogen-bond donors (Lipinski definition) is 0. The van der Waals surface area contributed by atoms with Crippen molar-refractivity contribution >= 4 is 21.1 Å². The summed E-state index contributed by atoms with van der Waals surface area (Å²) in [5.74, 6) is 0. The summed E-state index contributed by atoms with van der Waals surface area (Å²) in [5.41, 5.74) is 1.97. The summed E-state index contributed by atoms with van der Waals surface area (Å²) in [6.45, 7) is 8.92. The molecule has 0 aliphatic heterocycles. The maximum absolute atomic E-state index is 7.94. The molecule has 0 saturated carbocycles. The van der Waals surface area contributed by atoms with Gasteiger partial charge >= 0.3 is 19.5 Å². The Morgan fingerprint density at radius 1 is 1.89 bits per heavy atom. The van der Waals surface area contributed by atoms with Gasteiger partial charge in [-0.25, -0.2) is 0 Å². The third-order valence-corrected chi connectivity index (χ3v) is 1.06. The fourth-order valence-electron chi connectivity index (χ4n) is 0. The first-order chi connectivity index (χ1) is 4.33. The van der Waals surface area contributed by atoms with E-state index in [9.17, 15) is 0 Å². The van der Waals surface area contributed by atoms with E-state index in [2.05, 4.69) is 47.3 Å². The van der Waals surface area contributed by atoms with E-state index in [0.29, 0.717) is 9.52 Å². The topological polar surface area (TPSA) is 17.1 Å². The Kier molecular flexibility index (Phi) is 69.9. The van der Waals surface area contributed by atoms with Gasteiger partial charge in [0.25, 0.3) is 0 Å². The number of rotatable bonds is 1. The molecule has 0 unspecified atom stereocenters. The molecule has 0 heterocycles. The summed E-state index contributed by atoms with van der Waals surface area (Å²) in [5, 5.41) is 0. The molecular formula is C5H11ClCoOSi-2. The van der Waals surface area contributed by atoms with Crippen LogP contribution in [0.25, 0.3) is 0 Å². The van der Waals surface area contributed by atoms with Gasteiger partial charge in [-0.15, -0.1) is 0 Å². The third-order valence-electron chi connectivity index (χ3n) is 0.354. The van der Waals surface area contributed by atoms with E-state index in [-0.39, 0.29) is 0 Å². The molecule has 0 aromatic rings. The van der Waals surface area contributed by atoms with Crippen LogP contribution in [0.3, 0.4) is 0 Å². The first-order valence-corrected chi connectivity index (χ1v) is 5.60. The SMILES string of the molecule is C=[C-]Cl.[CH2-]C[SiH2]C.[O]=[Co]. The van der Waals surface area contributed by atoms with Crippen LogP contribution in [0.2, 0.25) is 12.6 Å². The Morgan fingerprint density at radius 3 is 2.00 bits per heavy atom. The van der Waals surface area contributed by atoms with E-state index in [1.54, 1.807) is 0 Å². The molecule has 1 nitrogen and oxygen atoms in total. The minimum atomic E-state index is 0.313. The second-order valence-corrected chi connectivity index (χ2v) is 2.96. The van der Waals surface area contributed by atoms with Crippen molar-refractivity contribution in [2.24, 2.45) is 0 Å². The van der Waals surface area contributed by atoms with E-state index in [0.717, 1.165) is 0 Å². The van der Waals surface area contributed by atoms with E-state index in [1.807, 2.05) is 5.54 Å². The summed E-state index contributed by atoms with van der Waals surface area (Å²) in [6.07, 6.45) is 0. The van der Waals surface area contributed by atoms with Crippen molar-refractivity contribution in [3.05, 3.63) is 19.0 Å². The molecule has 0 radical (unpaired) electrons. The van der Waals surface area contributed by atoms with Crippen LogP contribution in [-0.2, 0) is 19.5 Å². The molecule has 0 atom stereocenters. The summed E-state index contributed by atoms with van der Waals surface area (Å²) in [4.78, 5) is 0. The van der Waals surface area contributed by atoms with Crippen LogP contribution >= 0.6 is 11.6 Å². The van der Waals surface area contributed by atoms with Crippen molar-refractivity contribution in [1.29, 1.82) is 0 Å². The van der Waals surface area contributed by atoms with Gasteiger partial charge in [-0.1, -0.05) is 6.55 Å². The van der Waals surface area contributed by atoms with E-state index < -0.39 is 0 Å². The molecule has 0 rings (SSSR count). The van der Waals surface area contributed by atoms with Crippen LogP contribution in [0.4, 0.5) is 0 Å². The average molecular weight is 210 g/mol. The van der Waals surface area contributed by atoms with Gasteiger partial charge < -0.3 is 24.1 Å². The van der Waals surface area contributed by atoms with E-state index in [4.69, 9.17) is 3.87 Å². The molecular weight excluding hydrogens is 199 g/mol. The van der Waals surface area contributed by atoms with Gasteiger partial charge in [-0.3, -0.25) is 6.58 Å². The second kappa shape index (κ2) is 38.6. The maximum atomic E-state index is 7.94. The second-order valence-electron chi connectivity index (χ2n) is 0.987. The molecule has 0 fully saturated rings. The predicted octanol–water partition coefficient (Wildman–Crippen LogP) is 1.51. The van der Waals surface area contributed by atoms with Crippen molar-refractivity contribution in [1.82, 2.24) is 0 Å². The predicted molar refractivity (Wildman–Crippen MR) is 40.0 cm³/mol. The summed E-state index contributed by atoms with van der Waals surface area (Å²) in [6, 6.07) is 1.21. The molecule has 4 heteroatoms. The standard InChI is InChI=1S/C3H9Si.C2H2Cl.Co.O/c1-3-4-2;1-2-3;;/h1,3-4H2,2H3;1H2;;/q2*-1;;. The molecule has 0 aliphatic rings. The molecule has 0 amide bonds. The molecule has 0 spiro atoms. The van der Waals surface area contributed by atoms with Crippen LogP contribution in [-0.4, -0.2) is 9.52 Å². The molecule has 0 aliphatic carbocycles. The third kappa shape index (κ3) is 152. The van der Waals surface area contributed by atoms with E-state index >= 15 is 0 Å². The summed E-state index contributed by atoms with van der Waals surface area (Å²) >= 11 is 6.95. The fraction of sp³-hybridized carbons (Fsp3) is 0.400. The van der Waals surface area contributed by atoms with Crippen LogP contribution in [0.1, 0.15) is 0 Å². The van der Waals surface area contributed by atoms with Crippen molar-refractivity contribution in [2.45, 2.75) is 12.6 Å². The van der Waals surface area contributed by atoms with Gasteiger partial charge in [0.05, 0.1) is 0 Å². The van der Waals surface area contributed by atoms with Crippen LogP contribution in [0.5, 0.6) is 0 Å². The fourth-order valence-corrected chi connectivity index (χ4v) is 0. The Hall–Kier alpha value is 0.553. The first-order valence-electron chi connectivity index (χ1n) is 2.39. The van der Waals surface area contributed by atoms with Crippen molar-refractivity contribution < 1.29 is 19.5 Å². The number of halogens is 1. The van der Waals surface area contributed by atoms with Crippen LogP contribution in [0, 0.1) is 12.5 Å². The molecule has 9 heavy (non-hydrogen) atoms. The van der Waals surface area contributed by atoms with Crippen LogP contribution < -0.4 is 0 Å². The monoisotopic (exact) mass is 209 g/mol. The Labute approximate surface area is 72.5 Å². The summed E-state index contributed by atoms with van der Waals surface area (Å²) in [7, 11) is 0.313. The van der Waals surface area contributed by atoms with Crippen molar-refractivity contribution in [3.63, 3.8) is 0 Å². The Morgan fingerprint density at radius 2 is 2.00 bits per heavy atom. The van der Waals surface area contributed by atoms with Crippen LogP contribution in [0.15, 0.2) is 6.58 Å². The molecule has 0 N–H and O–H groups in total. The van der Waals surface area contributed by atoms with E-state index in [1.165, 1.54) is 6.04 Å². The van der Waals surface area contributed by atoms with Gasteiger partial charge in [0, 0.05) is 0 Å². The van der Waals surface area contributed by atoms with Crippen molar-refractivity contribution in [2.75, 3.05) is 0 Å². The molecule has 0 bridgehead atoms. The minimum absolute atomic E-state index is 0.313. The zero-order valence-electron chi connectivity index (χ0n) is 5.45. The zero-order chi connectivity index (χ0) is 8.12. The van der Waals surface area contributed by atoms with Crippen molar-refractivity contribution in [3.8, 4) is 0 Å².